The van der Waals surface area contributed by atoms with Crippen molar-refractivity contribution in [2.75, 3.05) is 4.90 Å². The molecule has 2 heterocycles. The van der Waals surface area contributed by atoms with Gasteiger partial charge in [-0.3, -0.25) is 14.5 Å². The van der Waals surface area contributed by atoms with E-state index in [2.05, 4.69) is 15.5 Å². The number of para-hydroxylation sites is 1. The fourth-order valence-corrected chi connectivity index (χ4v) is 3.23. The second-order valence-electron chi connectivity index (χ2n) is 6.11. The van der Waals surface area contributed by atoms with E-state index >= 15 is 0 Å². The van der Waals surface area contributed by atoms with Crippen LogP contribution in [0.4, 0.5) is 5.69 Å². The molecule has 0 spiro atoms. The first-order valence-corrected chi connectivity index (χ1v) is 8.15. The molecule has 1 atom stereocenters. The van der Waals surface area contributed by atoms with Crippen molar-refractivity contribution >= 4 is 17.5 Å². The van der Waals surface area contributed by atoms with Crippen LogP contribution in [0, 0.1) is 0 Å². The summed E-state index contributed by atoms with van der Waals surface area (Å²) in [7, 11) is 0. The minimum atomic E-state index is -0.639. The Morgan fingerprint density at radius 3 is 2.58 bits per heavy atom. The summed E-state index contributed by atoms with van der Waals surface area (Å²) in [4.78, 5) is 26.2. The number of aromatic nitrogens is 4. The van der Waals surface area contributed by atoms with Crippen molar-refractivity contribution in [3.63, 3.8) is 0 Å². The summed E-state index contributed by atoms with van der Waals surface area (Å²) in [5.74, 6) is -0.655. The van der Waals surface area contributed by atoms with Crippen molar-refractivity contribution in [2.45, 2.75) is 18.9 Å². The minimum Gasteiger partial charge on any atom is -0.368 e. The van der Waals surface area contributed by atoms with Crippen LogP contribution in [0.15, 0.2) is 54.9 Å². The van der Waals surface area contributed by atoms with Crippen LogP contribution in [-0.2, 0) is 22.4 Å². The molecule has 8 nitrogen and oxygen atoms in total. The van der Waals surface area contributed by atoms with Crippen LogP contribution in [0.2, 0.25) is 0 Å². The Balaban J connectivity index is 1.56. The first kappa shape index (κ1) is 15.9. The molecule has 0 fully saturated rings. The molecule has 0 radical (unpaired) electrons. The molecule has 1 aromatic heterocycles. The molecule has 2 amide bonds. The molecule has 0 saturated carbocycles. The highest BCUT2D eigenvalue weighted by atomic mass is 16.2. The predicted molar refractivity (Wildman–Crippen MR) is 93.5 cm³/mol. The molecule has 2 aromatic carbocycles. The van der Waals surface area contributed by atoms with Crippen LogP contribution >= 0.6 is 0 Å². The quantitative estimate of drug-likeness (QED) is 0.745. The summed E-state index contributed by atoms with van der Waals surface area (Å²) >= 11 is 0. The number of benzene rings is 2. The molecule has 1 aliphatic heterocycles. The highest BCUT2D eigenvalue weighted by Gasteiger charge is 2.36. The van der Waals surface area contributed by atoms with Gasteiger partial charge in [-0.05, 0) is 39.8 Å². The number of tetrazole rings is 1. The first-order chi connectivity index (χ1) is 12.6. The van der Waals surface area contributed by atoms with Gasteiger partial charge in [-0.15, -0.1) is 5.10 Å². The fourth-order valence-electron chi connectivity index (χ4n) is 3.23. The van der Waals surface area contributed by atoms with Gasteiger partial charge in [-0.25, -0.2) is 4.68 Å². The third kappa shape index (κ3) is 2.81. The van der Waals surface area contributed by atoms with E-state index in [0.29, 0.717) is 6.42 Å². The number of carbonyl (C=O) groups is 2. The number of rotatable bonds is 4. The lowest BCUT2D eigenvalue weighted by Crippen LogP contribution is -2.46. The summed E-state index contributed by atoms with van der Waals surface area (Å²) in [6.07, 6.45) is 2.13. The van der Waals surface area contributed by atoms with Crippen LogP contribution in [0.3, 0.4) is 0 Å². The van der Waals surface area contributed by atoms with Gasteiger partial charge in [0.2, 0.25) is 11.8 Å². The Bertz CT molecular complexity index is 952. The SMILES string of the molecule is NC(=O)[C@@H]1Cc2ccccc2N1C(=O)Cc1ccc(-n2cnnn2)cc1. The lowest BCUT2D eigenvalue weighted by molar-refractivity contribution is -0.124. The largest absolute Gasteiger partial charge is 0.368 e. The van der Waals surface area contributed by atoms with Gasteiger partial charge >= 0.3 is 0 Å². The molecule has 26 heavy (non-hydrogen) atoms. The van der Waals surface area contributed by atoms with E-state index < -0.39 is 11.9 Å². The average Bonchev–Trinajstić information content (AvgIpc) is 3.30. The number of fused-ring (bicyclic) bond motifs is 1. The summed E-state index contributed by atoms with van der Waals surface area (Å²) in [5.41, 5.74) is 8.86. The Labute approximate surface area is 149 Å². The molecular weight excluding hydrogens is 332 g/mol. The minimum absolute atomic E-state index is 0.158. The first-order valence-electron chi connectivity index (χ1n) is 8.15. The lowest BCUT2D eigenvalue weighted by atomic mass is 10.1. The number of nitrogens with zero attached hydrogens (tertiary/aromatic N) is 5. The van der Waals surface area contributed by atoms with E-state index in [4.69, 9.17) is 5.73 Å². The van der Waals surface area contributed by atoms with Crippen LogP contribution in [0.1, 0.15) is 11.1 Å². The van der Waals surface area contributed by atoms with Crippen molar-refractivity contribution in [3.8, 4) is 5.69 Å². The van der Waals surface area contributed by atoms with Gasteiger partial charge in [0, 0.05) is 12.1 Å². The third-order valence-corrected chi connectivity index (χ3v) is 4.48. The highest BCUT2D eigenvalue weighted by Crippen LogP contribution is 2.32. The summed E-state index contributed by atoms with van der Waals surface area (Å²) in [5, 5.41) is 11.0. The molecule has 0 unspecified atom stereocenters. The summed E-state index contributed by atoms with van der Waals surface area (Å²) in [6.45, 7) is 0. The van der Waals surface area contributed by atoms with E-state index in [9.17, 15) is 9.59 Å². The van der Waals surface area contributed by atoms with Gasteiger partial charge in [0.1, 0.15) is 12.4 Å². The molecule has 4 rings (SSSR count). The van der Waals surface area contributed by atoms with E-state index in [1.807, 2.05) is 48.5 Å². The number of primary amides is 1. The number of amides is 2. The van der Waals surface area contributed by atoms with Gasteiger partial charge < -0.3 is 5.73 Å². The predicted octanol–water partition coefficient (Wildman–Crippen LogP) is 0.648. The molecule has 2 N–H and O–H groups in total. The monoisotopic (exact) mass is 348 g/mol. The molecule has 3 aromatic rings. The number of anilines is 1. The second-order valence-corrected chi connectivity index (χ2v) is 6.11. The zero-order valence-corrected chi connectivity index (χ0v) is 13.8. The van der Waals surface area contributed by atoms with Crippen molar-refractivity contribution in [2.24, 2.45) is 5.73 Å². The van der Waals surface area contributed by atoms with Crippen LogP contribution in [0.5, 0.6) is 0 Å². The van der Waals surface area contributed by atoms with Crippen molar-refractivity contribution in [3.05, 3.63) is 66.0 Å². The number of hydrogen-bond donors (Lipinski definition) is 1. The van der Waals surface area contributed by atoms with E-state index in [-0.39, 0.29) is 12.3 Å². The fraction of sp³-hybridized carbons (Fsp3) is 0.167. The molecule has 0 saturated heterocycles. The van der Waals surface area contributed by atoms with Crippen molar-refractivity contribution < 1.29 is 9.59 Å². The van der Waals surface area contributed by atoms with E-state index in [1.54, 1.807) is 0 Å². The zero-order valence-electron chi connectivity index (χ0n) is 13.8. The maximum atomic E-state index is 12.9. The van der Waals surface area contributed by atoms with Crippen molar-refractivity contribution in [1.29, 1.82) is 0 Å². The molecular formula is C18H16N6O2. The number of hydrogen-bond acceptors (Lipinski definition) is 5. The topological polar surface area (TPSA) is 107 Å². The maximum Gasteiger partial charge on any atom is 0.240 e. The second kappa shape index (κ2) is 6.40. The Kier molecular flexibility index (Phi) is 3.92. The summed E-state index contributed by atoms with van der Waals surface area (Å²) in [6, 6.07) is 14.2. The van der Waals surface area contributed by atoms with Gasteiger partial charge in [-0.2, -0.15) is 0 Å². The Morgan fingerprint density at radius 2 is 1.88 bits per heavy atom. The molecule has 0 aliphatic carbocycles. The molecule has 1 aliphatic rings. The smallest absolute Gasteiger partial charge is 0.240 e. The normalized spacial score (nSPS) is 15.7. The standard InChI is InChI=1S/C18H16N6O2/c19-18(26)16-10-13-3-1-2-4-15(13)24(16)17(25)9-12-5-7-14(8-6-12)23-11-20-21-22-23/h1-8,11,16H,9-10H2,(H2,19,26)/t16-/m0/s1. The highest BCUT2D eigenvalue weighted by molar-refractivity contribution is 6.03. The average molecular weight is 348 g/mol. The molecule has 130 valence electrons. The van der Waals surface area contributed by atoms with Gasteiger partial charge in [0.05, 0.1) is 12.1 Å². The van der Waals surface area contributed by atoms with Gasteiger partial charge in [0.25, 0.3) is 0 Å². The van der Waals surface area contributed by atoms with Crippen LogP contribution in [-0.4, -0.2) is 38.1 Å². The van der Waals surface area contributed by atoms with Crippen LogP contribution in [0.25, 0.3) is 5.69 Å². The molecule has 8 heteroatoms. The number of carbonyl (C=O) groups excluding carboxylic acids is 2. The van der Waals surface area contributed by atoms with E-state index in [1.165, 1.54) is 15.9 Å². The Morgan fingerprint density at radius 1 is 1.12 bits per heavy atom. The molecule has 0 bridgehead atoms. The van der Waals surface area contributed by atoms with Gasteiger partial charge in [0.15, 0.2) is 0 Å². The lowest BCUT2D eigenvalue weighted by Gasteiger charge is -2.23. The van der Waals surface area contributed by atoms with Gasteiger partial charge in [-0.1, -0.05) is 30.3 Å². The van der Waals surface area contributed by atoms with E-state index in [0.717, 1.165) is 22.5 Å². The number of nitrogens with two attached hydrogens (primary N) is 1. The zero-order chi connectivity index (χ0) is 18.1. The maximum absolute atomic E-state index is 12.9. The third-order valence-electron chi connectivity index (χ3n) is 4.48. The summed E-state index contributed by atoms with van der Waals surface area (Å²) < 4.78 is 1.53. The van der Waals surface area contributed by atoms with Crippen molar-refractivity contribution in [1.82, 2.24) is 20.2 Å². The van der Waals surface area contributed by atoms with Crippen LogP contribution < -0.4 is 10.6 Å². The Hall–Kier alpha value is -3.55.